The van der Waals surface area contributed by atoms with E-state index in [-0.39, 0.29) is 5.41 Å². The Kier molecular flexibility index (Phi) is 2.14. The predicted octanol–water partition coefficient (Wildman–Crippen LogP) is 3.49. The van der Waals surface area contributed by atoms with Gasteiger partial charge in [0.1, 0.15) is 0 Å². The Morgan fingerprint density at radius 3 is 2.53 bits per heavy atom. The topological polar surface area (TPSA) is 3.24 Å². The summed E-state index contributed by atoms with van der Waals surface area (Å²) in [5.74, 6) is 0. The van der Waals surface area contributed by atoms with Gasteiger partial charge in [0.25, 0.3) is 0 Å². The van der Waals surface area contributed by atoms with Crippen LogP contribution in [0.2, 0.25) is 0 Å². The number of likely N-dealkylation sites (N-methyl/N-ethyl adjacent to an activating group) is 1. The fourth-order valence-electron chi connectivity index (χ4n) is 2.27. The molecule has 0 unspecified atom stereocenters. The Labute approximate surface area is 92.4 Å². The van der Waals surface area contributed by atoms with Crippen molar-refractivity contribution >= 4 is 5.69 Å². The molecule has 1 heteroatoms. The Bertz CT molecular complexity index is 410. The van der Waals surface area contributed by atoms with Crippen LogP contribution in [-0.2, 0) is 11.8 Å². The van der Waals surface area contributed by atoms with Gasteiger partial charge in [0.05, 0.1) is 0 Å². The lowest BCUT2D eigenvalue weighted by molar-refractivity contribution is 0.585. The standard InChI is InChI=1S/C14H19N/c1-10-9-11-12(14(2,3)4)7-6-8-13(11)15(10)5/h6-8H,1,9H2,2-5H3. The monoisotopic (exact) mass is 201 g/mol. The van der Waals surface area contributed by atoms with Crippen LogP contribution >= 0.6 is 0 Å². The number of anilines is 1. The Morgan fingerprint density at radius 2 is 1.93 bits per heavy atom. The third kappa shape index (κ3) is 1.56. The van der Waals surface area contributed by atoms with Crippen LogP contribution in [0, 0.1) is 0 Å². The van der Waals surface area contributed by atoms with Gasteiger partial charge in [-0.2, -0.15) is 0 Å². The first kappa shape index (κ1) is 10.3. The summed E-state index contributed by atoms with van der Waals surface area (Å²) in [5.41, 5.74) is 5.65. The molecule has 0 radical (unpaired) electrons. The summed E-state index contributed by atoms with van der Waals surface area (Å²) in [6, 6.07) is 6.57. The van der Waals surface area contributed by atoms with Crippen molar-refractivity contribution in [3.63, 3.8) is 0 Å². The van der Waals surface area contributed by atoms with Crippen LogP contribution < -0.4 is 4.90 Å². The zero-order valence-corrected chi connectivity index (χ0v) is 10.1. The van der Waals surface area contributed by atoms with E-state index in [1.807, 2.05) is 0 Å². The lowest BCUT2D eigenvalue weighted by Gasteiger charge is -2.22. The zero-order chi connectivity index (χ0) is 11.2. The maximum absolute atomic E-state index is 4.10. The summed E-state index contributed by atoms with van der Waals surface area (Å²) < 4.78 is 0. The second kappa shape index (κ2) is 3.13. The van der Waals surface area contributed by atoms with Crippen LogP contribution in [0.1, 0.15) is 31.9 Å². The molecule has 15 heavy (non-hydrogen) atoms. The zero-order valence-electron chi connectivity index (χ0n) is 10.1. The van der Waals surface area contributed by atoms with E-state index in [2.05, 4.69) is 57.5 Å². The van der Waals surface area contributed by atoms with Crippen LogP contribution in [0.25, 0.3) is 0 Å². The molecule has 1 heterocycles. The summed E-state index contributed by atoms with van der Waals surface area (Å²) >= 11 is 0. The summed E-state index contributed by atoms with van der Waals surface area (Å²) in [5, 5.41) is 0. The van der Waals surface area contributed by atoms with Gasteiger partial charge in [0.15, 0.2) is 0 Å². The van der Waals surface area contributed by atoms with Gasteiger partial charge in [-0.05, 0) is 22.6 Å². The number of fused-ring (bicyclic) bond motifs is 1. The van der Waals surface area contributed by atoms with Crippen molar-refractivity contribution in [2.75, 3.05) is 11.9 Å². The van der Waals surface area contributed by atoms with Crippen LogP contribution in [0.15, 0.2) is 30.5 Å². The SMILES string of the molecule is C=C1Cc2c(cccc2C(C)(C)C)N1C. The molecule has 0 bridgehead atoms. The molecule has 0 aliphatic carbocycles. The van der Waals surface area contributed by atoms with E-state index in [0.717, 1.165) is 6.42 Å². The van der Waals surface area contributed by atoms with Crippen LogP contribution in [0.5, 0.6) is 0 Å². The number of rotatable bonds is 0. The molecule has 0 saturated heterocycles. The first-order valence-corrected chi connectivity index (χ1v) is 5.45. The average Bonchev–Trinajstić information content (AvgIpc) is 2.41. The second-order valence-electron chi connectivity index (χ2n) is 5.36. The molecule has 2 rings (SSSR count). The highest BCUT2D eigenvalue weighted by atomic mass is 15.1. The Hall–Kier alpha value is -1.24. The second-order valence-corrected chi connectivity index (χ2v) is 5.36. The third-order valence-electron chi connectivity index (χ3n) is 3.18. The fraction of sp³-hybridized carbons (Fsp3) is 0.429. The van der Waals surface area contributed by atoms with E-state index in [0.29, 0.717) is 0 Å². The van der Waals surface area contributed by atoms with Crippen molar-refractivity contribution in [3.05, 3.63) is 41.6 Å². The summed E-state index contributed by atoms with van der Waals surface area (Å²) in [7, 11) is 2.10. The van der Waals surface area contributed by atoms with Gasteiger partial charge in [0.2, 0.25) is 0 Å². The summed E-state index contributed by atoms with van der Waals surface area (Å²) in [6.45, 7) is 10.9. The molecule has 0 spiro atoms. The highest BCUT2D eigenvalue weighted by Gasteiger charge is 2.26. The van der Waals surface area contributed by atoms with E-state index in [4.69, 9.17) is 0 Å². The van der Waals surface area contributed by atoms with Gasteiger partial charge in [-0.1, -0.05) is 39.5 Å². The van der Waals surface area contributed by atoms with Crippen LogP contribution in [0.3, 0.4) is 0 Å². The van der Waals surface area contributed by atoms with Crippen molar-refractivity contribution in [3.8, 4) is 0 Å². The molecule has 0 saturated carbocycles. The normalized spacial score (nSPS) is 15.7. The molecule has 1 aliphatic rings. The van der Waals surface area contributed by atoms with E-state index in [9.17, 15) is 0 Å². The quantitative estimate of drug-likeness (QED) is 0.621. The number of nitrogens with zero attached hydrogens (tertiary/aromatic N) is 1. The molecule has 0 amide bonds. The highest BCUT2D eigenvalue weighted by molar-refractivity contribution is 5.67. The van der Waals surface area contributed by atoms with Gasteiger partial charge in [-0.25, -0.2) is 0 Å². The minimum Gasteiger partial charge on any atom is -0.348 e. The van der Waals surface area contributed by atoms with Crippen molar-refractivity contribution in [2.45, 2.75) is 32.6 Å². The molecule has 1 nitrogen and oxygen atoms in total. The van der Waals surface area contributed by atoms with Crippen molar-refractivity contribution in [1.82, 2.24) is 0 Å². The van der Waals surface area contributed by atoms with Crippen molar-refractivity contribution in [2.24, 2.45) is 0 Å². The van der Waals surface area contributed by atoms with E-state index in [1.54, 1.807) is 0 Å². The Balaban J connectivity index is 2.60. The maximum atomic E-state index is 4.10. The van der Waals surface area contributed by atoms with E-state index >= 15 is 0 Å². The Morgan fingerprint density at radius 1 is 1.27 bits per heavy atom. The predicted molar refractivity (Wildman–Crippen MR) is 66.4 cm³/mol. The molecule has 0 fully saturated rings. The maximum Gasteiger partial charge on any atom is 0.0445 e. The number of benzene rings is 1. The molecule has 0 atom stereocenters. The number of allylic oxidation sites excluding steroid dienone is 1. The summed E-state index contributed by atoms with van der Waals surface area (Å²) in [4.78, 5) is 2.20. The van der Waals surface area contributed by atoms with Crippen LogP contribution in [-0.4, -0.2) is 7.05 Å². The van der Waals surface area contributed by atoms with Gasteiger partial charge >= 0.3 is 0 Å². The van der Waals surface area contributed by atoms with Gasteiger partial charge in [-0.3, -0.25) is 0 Å². The van der Waals surface area contributed by atoms with E-state index in [1.165, 1.54) is 22.5 Å². The highest BCUT2D eigenvalue weighted by Crippen LogP contribution is 2.38. The minimum absolute atomic E-state index is 0.219. The first-order valence-electron chi connectivity index (χ1n) is 5.45. The van der Waals surface area contributed by atoms with Gasteiger partial charge in [0, 0.05) is 24.9 Å². The average molecular weight is 201 g/mol. The molecule has 0 N–H and O–H groups in total. The lowest BCUT2D eigenvalue weighted by atomic mass is 9.83. The first-order chi connectivity index (χ1) is 6.91. The molecule has 1 aliphatic heterocycles. The lowest BCUT2D eigenvalue weighted by Crippen LogP contribution is -2.13. The molecular formula is C14H19N. The van der Waals surface area contributed by atoms with Crippen molar-refractivity contribution < 1.29 is 0 Å². The van der Waals surface area contributed by atoms with Crippen LogP contribution in [0.4, 0.5) is 5.69 Å². The third-order valence-corrected chi connectivity index (χ3v) is 3.18. The fourth-order valence-corrected chi connectivity index (χ4v) is 2.27. The van der Waals surface area contributed by atoms with Gasteiger partial charge in [-0.15, -0.1) is 0 Å². The van der Waals surface area contributed by atoms with E-state index < -0.39 is 0 Å². The molecule has 1 aromatic rings. The molecule has 1 aromatic carbocycles. The molecular weight excluding hydrogens is 182 g/mol. The molecule has 0 aromatic heterocycles. The largest absolute Gasteiger partial charge is 0.348 e. The molecule has 80 valence electrons. The number of hydrogen-bond donors (Lipinski definition) is 0. The summed E-state index contributed by atoms with van der Waals surface area (Å²) in [6.07, 6.45) is 0.999. The van der Waals surface area contributed by atoms with Gasteiger partial charge < -0.3 is 4.90 Å². The number of hydrogen-bond acceptors (Lipinski definition) is 1. The van der Waals surface area contributed by atoms with Crippen molar-refractivity contribution in [1.29, 1.82) is 0 Å². The minimum atomic E-state index is 0.219. The smallest absolute Gasteiger partial charge is 0.0445 e.